The van der Waals surface area contributed by atoms with Gasteiger partial charge in [-0.3, -0.25) is 14.5 Å². The summed E-state index contributed by atoms with van der Waals surface area (Å²) in [6.45, 7) is 2.08. The Morgan fingerprint density at radius 2 is 2.14 bits per heavy atom. The van der Waals surface area contributed by atoms with Gasteiger partial charge in [0.2, 0.25) is 0 Å². The van der Waals surface area contributed by atoms with Gasteiger partial charge >= 0.3 is 12.0 Å². The van der Waals surface area contributed by atoms with Crippen molar-refractivity contribution >= 4 is 41.8 Å². The number of nitrogens with zero attached hydrogens (tertiary/aromatic N) is 6. The van der Waals surface area contributed by atoms with Crippen LogP contribution >= 0.6 is 12.8 Å². The van der Waals surface area contributed by atoms with Gasteiger partial charge in [-0.05, 0) is 31.9 Å². The summed E-state index contributed by atoms with van der Waals surface area (Å²) in [5.41, 5.74) is 2.19. The number of esters is 1. The largest absolute Gasteiger partial charge is 0.465 e. The number of urea groups is 1. The molecule has 0 aliphatic heterocycles. The molecule has 0 atom stereocenters. The van der Waals surface area contributed by atoms with Crippen LogP contribution in [0.25, 0.3) is 22.4 Å². The van der Waals surface area contributed by atoms with Crippen molar-refractivity contribution in [2.45, 2.75) is 32.4 Å². The normalized spacial score (nSPS) is 13.3. The third kappa shape index (κ3) is 4.45. The second-order valence-electron chi connectivity index (χ2n) is 6.53. The van der Waals surface area contributed by atoms with Crippen molar-refractivity contribution in [2.75, 3.05) is 10.9 Å². The van der Waals surface area contributed by atoms with Gasteiger partial charge < -0.3 is 10.1 Å². The van der Waals surface area contributed by atoms with E-state index in [0.717, 1.165) is 17.1 Å². The Morgan fingerprint density at radius 3 is 2.90 bits per heavy atom. The van der Waals surface area contributed by atoms with Crippen molar-refractivity contribution in [2.24, 2.45) is 0 Å². The van der Waals surface area contributed by atoms with E-state index in [1.807, 2.05) is 0 Å². The molecule has 29 heavy (non-hydrogen) atoms. The number of hydrogen-bond acceptors (Lipinski definition) is 8. The first kappa shape index (κ1) is 19.1. The van der Waals surface area contributed by atoms with Crippen LogP contribution in [0.5, 0.6) is 0 Å². The van der Waals surface area contributed by atoms with Gasteiger partial charge in [-0.25, -0.2) is 19.1 Å². The number of aromatic nitrogens is 5. The van der Waals surface area contributed by atoms with E-state index in [0.29, 0.717) is 34.8 Å². The Morgan fingerprint density at radius 1 is 1.31 bits per heavy atom. The highest BCUT2D eigenvalue weighted by molar-refractivity contribution is 7.82. The van der Waals surface area contributed by atoms with Crippen LogP contribution in [0.1, 0.15) is 19.8 Å². The molecule has 1 aliphatic rings. The van der Waals surface area contributed by atoms with Gasteiger partial charge in [0, 0.05) is 17.8 Å². The number of carbonyl (C=O) groups excluding carboxylic acids is 2. The number of thiol groups is 1. The zero-order valence-electron chi connectivity index (χ0n) is 15.6. The minimum absolute atomic E-state index is 0.0158. The summed E-state index contributed by atoms with van der Waals surface area (Å²) in [6.07, 6.45) is 6.85. The lowest BCUT2D eigenvalue weighted by Crippen LogP contribution is -2.35. The molecule has 3 aromatic heterocycles. The molecule has 0 radical (unpaired) electrons. The fraction of sp³-hybridized carbons (Fsp3) is 0.333. The van der Waals surface area contributed by atoms with E-state index in [1.165, 1.54) is 4.68 Å². The average Bonchev–Trinajstić information content (AvgIpc) is 3.41. The number of hydrogen-bond donors (Lipinski definition) is 2. The van der Waals surface area contributed by atoms with E-state index in [1.54, 1.807) is 37.6 Å². The topological polar surface area (TPSA) is 115 Å². The summed E-state index contributed by atoms with van der Waals surface area (Å²) < 4.78 is 7.55. The molecular weight excluding hydrogens is 394 g/mol. The molecule has 1 aliphatic carbocycles. The van der Waals surface area contributed by atoms with Crippen LogP contribution in [0, 0.1) is 0 Å². The number of pyridine rings is 1. The molecule has 2 amide bonds. The molecule has 1 fully saturated rings. The monoisotopic (exact) mass is 413 g/mol. The Balaban J connectivity index is 1.56. The maximum atomic E-state index is 12.2. The van der Waals surface area contributed by atoms with Crippen LogP contribution in [-0.2, 0) is 16.1 Å². The van der Waals surface area contributed by atoms with Crippen LogP contribution in [0.4, 0.5) is 10.6 Å². The molecular formula is C18H19N7O3S. The van der Waals surface area contributed by atoms with Crippen LogP contribution in [-0.4, -0.2) is 49.4 Å². The molecule has 150 valence electrons. The van der Waals surface area contributed by atoms with E-state index in [2.05, 4.69) is 38.2 Å². The summed E-state index contributed by atoms with van der Waals surface area (Å²) in [4.78, 5) is 37.0. The van der Waals surface area contributed by atoms with Gasteiger partial charge in [-0.2, -0.15) is 5.10 Å². The summed E-state index contributed by atoms with van der Waals surface area (Å²) >= 11 is 4.24. The van der Waals surface area contributed by atoms with Gasteiger partial charge in [-0.15, -0.1) is 0 Å². The second-order valence-corrected chi connectivity index (χ2v) is 6.93. The maximum absolute atomic E-state index is 12.2. The third-order valence-corrected chi connectivity index (χ3v) is 4.62. The standard InChI is InChI=1S/C18H19N7O3S/c1-2-28-16(26)10-24-9-11(7-20-24)14-8-19-13-5-6-15(23-17(13)22-14)25(29)18(27)21-12-3-4-12/h5-9,12,29H,2-4,10H2,1H3,(H,21,27). The average molecular weight is 413 g/mol. The molecule has 0 unspecified atom stereocenters. The number of amides is 2. The molecule has 0 spiro atoms. The molecule has 11 heteroatoms. The van der Waals surface area contributed by atoms with Crippen molar-refractivity contribution in [1.82, 2.24) is 30.0 Å². The summed E-state index contributed by atoms with van der Waals surface area (Å²) in [6, 6.07) is 3.28. The molecule has 1 saturated carbocycles. The van der Waals surface area contributed by atoms with E-state index in [4.69, 9.17) is 4.74 Å². The zero-order valence-corrected chi connectivity index (χ0v) is 16.5. The van der Waals surface area contributed by atoms with Crippen LogP contribution in [0.15, 0.2) is 30.7 Å². The van der Waals surface area contributed by atoms with Crippen molar-refractivity contribution in [1.29, 1.82) is 0 Å². The first-order chi connectivity index (χ1) is 14.0. The molecule has 0 aromatic carbocycles. The second kappa shape index (κ2) is 8.03. The summed E-state index contributed by atoms with van der Waals surface area (Å²) in [7, 11) is 0. The molecule has 0 bridgehead atoms. The quantitative estimate of drug-likeness (QED) is 0.469. The summed E-state index contributed by atoms with van der Waals surface area (Å²) in [5, 5.41) is 7.00. The number of anilines is 1. The Bertz CT molecular complexity index is 1070. The van der Waals surface area contributed by atoms with Gasteiger partial charge in [-0.1, -0.05) is 12.8 Å². The minimum Gasteiger partial charge on any atom is -0.465 e. The van der Waals surface area contributed by atoms with Crippen LogP contribution < -0.4 is 9.62 Å². The van der Waals surface area contributed by atoms with Gasteiger partial charge in [0.15, 0.2) is 5.65 Å². The SMILES string of the molecule is CCOC(=O)Cn1cc(-c2cnc3ccc(N(S)C(=O)NC4CC4)nc3n2)cn1. The number of ether oxygens (including phenoxy) is 1. The fourth-order valence-electron chi connectivity index (χ4n) is 2.63. The number of rotatable bonds is 6. The lowest BCUT2D eigenvalue weighted by molar-refractivity contribution is -0.144. The first-order valence-corrected chi connectivity index (χ1v) is 9.55. The van der Waals surface area contributed by atoms with Crippen molar-refractivity contribution in [3.8, 4) is 11.3 Å². The molecule has 0 saturated heterocycles. The van der Waals surface area contributed by atoms with Crippen LogP contribution in [0.3, 0.4) is 0 Å². The molecule has 3 heterocycles. The summed E-state index contributed by atoms with van der Waals surface area (Å²) in [5.74, 6) is -0.0140. The van der Waals surface area contributed by atoms with E-state index in [-0.39, 0.29) is 24.6 Å². The Labute approximate surface area is 171 Å². The predicted molar refractivity (Wildman–Crippen MR) is 108 cm³/mol. The molecule has 3 aromatic rings. The van der Waals surface area contributed by atoms with Gasteiger partial charge in [0.05, 0.1) is 24.7 Å². The van der Waals surface area contributed by atoms with Gasteiger partial charge in [0.25, 0.3) is 0 Å². The highest BCUT2D eigenvalue weighted by atomic mass is 32.1. The lowest BCUT2D eigenvalue weighted by atomic mass is 10.2. The number of carbonyl (C=O) groups is 2. The molecule has 1 N–H and O–H groups in total. The first-order valence-electron chi connectivity index (χ1n) is 9.15. The third-order valence-electron chi connectivity index (χ3n) is 4.23. The minimum atomic E-state index is -0.364. The van der Waals surface area contributed by atoms with Crippen molar-refractivity contribution < 1.29 is 14.3 Å². The predicted octanol–water partition coefficient (Wildman–Crippen LogP) is 1.97. The van der Waals surface area contributed by atoms with Gasteiger partial charge in [0.1, 0.15) is 17.9 Å². The Kier molecular flexibility index (Phi) is 5.30. The van der Waals surface area contributed by atoms with E-state index in [9.17, 15) is 9.59 Å². The smallest absolute Gasteiger partial charge is 0.333 e. The van der Waals surface area contributed by atoms with Crippen molar-refractivity contribution in [3.05, 3.63) is 30.7 Å². The highest BCUT2D eigenvalue weighted by Gasteiger charge is 2.26. The Hall–Kier alpha value is -3.21. The lowest BCUT2D eigenvalue weighted by Gasteiger charge is -2.15. The highest BCUT2D eigenvalue weighted by Crippen LogP contribution is 2.23. The number of fused-ring (bicyclic) bond motifs is 1. The number of nitrogens with one attached hydrogen (secondary N) is 1. The van der Waals surface area contributed by atoms with Crippen molar-refractivity contribution in [3.63, 3.8) is 0 Å². The maximum Gasteiger partial charge on any atom is 0.333 e. The fourth-order valence-corrected chi connectivity index (χ4v) is 2.80. The molecule has 4 rings (SSSR count). The van der Waals surface area contributed by atoms with E-state index < -0.39 is 0 Å². The van der Waals surface area contributed by atoms with E-state index >= 15 is 0 Å². The zero-order chi connectivity index (χ0) is 20.4. The molecule has 10 nitrogen and oxygen atoms in total. The van der Waals surface area contributed by atoms with Crippen LogP contribution in [0.2, 0.25) is 0 Å².